The fraction of sp³-hybridized carbons (Fsp3) is 0.250. The smallest absolute Gasteiger partial charge is 0.291 e. The topological polar surface area (TPSA) is 93.1 Å². The molecule has 0 radical (unpaired) electrons. The summed E-state index contributed by atoms with van der Waals surface area (Å²) in [5.74, 6) is -0.750. The lowest BCUT2D eigenvalue weighted by Gasteiger charge is -2.14. The average molecular weight is 418 g/mol. The third-order valence-electron chi connectivity index (χ3n) is 4.87. The Hall–Kier alpha value is -3.74. The molecular weight excluding hydrogens is 392 g/mol. The van der Waals surface area contributed by atoms with Crippen molar-refractivity contribution in [3.8, 4) is 11.3 Å². The second kappa shape index (κ2) is 8.95. The van der Waals surface area contributed by atoms with Crippen molar-refractivity contribution >= 4 is 23.2 Å². The van der Waals surface area contributed by atoms with Gasteiger partial charge in [0.2, 0.25) is 11.8 Å². The number of amides is 2. The molecule has 0 atom stereocenters. The van der Waals surface area contributed by atoms with Crippen LogP contribution >= 0.6 is 0 Å². The van der Waals surface area contributed by atoms with Crippen LogP contribution in [0.15, 0.2) is 47.3 Å². The Morgan fingerprint density at radius 3 is 2.10 bits per heavy atom. The van der Waals surface area contributed by atoms with Crippen LogP contribution in [0.1, 0.15) is 29.2 Å². The SMILES string of the molecule is CC(=O)Nc1cc(-c2ccc(C)cc2)nn(CC(=O)Nc2c(C)cc(C)cc2C)c1=O. The number of carbonyl (C=O) groups is 2. The molecular formula is C24H26N4O3. The predicted octanol–water partition coefficient (Wildman–Crippen LogP) is 3.74. The summed E-state index contributed by atoms with van der Waals surface area (Å²) in [6.07, 6.45) is 0. The Bertz CT molecular complexity index is 1190. The van der Waals surface area contributed by atoms with E-state index in [4.69, 9.17) is 0 Å². The maximum atomic E-state index is 12.8. The maximum Gasteiger partial charge on any atom is 0.291 e. The highest BCUT2D eigenvalue weighted by Crippen LogP contribution is 2.22. The molecule has 0 bridgehead atoms. The van der Waals surface area contributed by atoms with E-state index < -0.39 is 5.56 Å². The number of carbonyl (C=O) groups excluding carboxylic acids is 2. The molecule has 0 aliphatic rings. The van der Waals surface area contributed by atoms with E-state index in [0.29, 0.717) is 5.69 Å². The van der Waals surface area contributed by atoms with Crippen molar-refractivity contribution in [1.82, 2.24) is 9.78 Å². The van der Waals surface area contributed by atoms with Crippen LogP contribution in [0.25, 0.3) is 11.3 Å². The van der Waals surface area contributed by atoms with E-state index >= 15 is 0 Å². The molecule has 3 aromatic rings. The first-order valence-electron chi connectivity index (χ1n) is 9.98. The summed E-state index contributed by atoms with van der Waals surface area (Å²) in [7, 11) is 0. The predicted molar refractivity (Wildman–Crippen MR) is 122 cm³/mol. The summed E-state index contributed by atoms with van der Waals surface area (Å²) in [6.45, 7) is 8.86. The van der Waals surface area contributed by atoms with Gasteiger partial charge in [-0.15, -0.1) is 0 Å². The Morgan fingerprint density at radius 1 is 0.903 bits per heavy atom. The zero-order valence-corrected chi connectivity index (χ0v) is 18.4. The van der Waals surface area contributed by atoms with Gasteiger partial charge >= 0.3 is 0 Å². The molecule has 7 heteroatoms. The first-order chi connectivity index (χ1) is 14.6. The van der Waals surface area contributed by atoms with E-state index in [1.54, 1.807) is 0 Å². The summed E-state index contributed by atoms with van der Waals surface area (Å²) in [5, 5.41) is 9.79. The highest BCUT2D eigenvalue weighted by Gasteiger charge is 2.15. The monoisotopic (exact) mass is 418 g/mol. The number of anilines is 2. The van der Waals surface area contributed by atoms with E-state index in [0.717, 1.165) is 38.2 Å². The van der Waals surface area contributed by atoms with Crippen molar-refractivity contribution in [2.45, 2.75) is 41.2 Å². The minimum Gasteiger partial charge on any atom is -0.324 e. The van der Waals surface area contributed by atoms with E-state index in [1.165, 1.54) is 13.0 Å². The van der Waals surface area contributed by atoms with Crippen LogP contribution in [-0.2, 0) is 16.1 Å². The molecule has 160 valence electrons. The van der Waals surface area contributed by atoms with E-state index in [-0.39, 0.29) is 24.0 Å². The molecule has 1 aromatic heterocycles. The summed E-state index contributed by atoms with van der Waals surface area (Å²) in [5.41, 5.74) is 5.60. The summed E-state index contributed by atoms with van der Waals surface area (Å²) in [6, 6.07) is 13.1. The van der Waals surface area contributed by atoms with Gasteiger partial charge in [0.05, 0.1) is 5.69 Å². The molecule has 1 heterocycles. The van der Waals surface area contributed by atoms with Crippen LogP contribution in [-0.4, -0.2) is 21.6 Å². The molecule has 0 spiro atoms. The van der Waals surface area contributed by atoms with Gasteiger partial charge in [-0.25, -0.2) is 4.68 Å². The fourth-order valence-corrected chi connectivity index (χ4v) is 3.49. The minimum atomic E-state index is -0.543. The van der Waals surface area contributed by atoms with Gasteiger partial charge in [-0.2, -0.15) is 5.10 Å². The van der Waals surface area contributed by atoms with Crippen molar-refractivity contribution in [2.24, 2.45) is 0 Å². The second-order valence-electron chi connectivity index (χ2n) is 7.78. The molecule has 0 saturated heterocycles. The van der Waals surface area contributed by atoms with Gasteiger partial charge < -0.3 is 10.6 Å². The summed E-state index contributed by atoms with van der Waals surface area (Å²) < 4.78 is 1.08. The first-order valence-corrected chi connectivity index (χ1v) is 9.98. The molecule has 2 amide bonds. The van der Waals surface area contributed by atoms with Crippen molar-refractivity contribution < 1.29 is 9.59 Å². The molecule has 2 N–H and O–H groups in total. The van der Waals surface area contributed by atoms with E-state index in [2.05, 4.69) is 15.7 Å². The number of aryl methyl sites for hydroxylation is 4. The largest absolute Gasteiger partial charge is 0.324 e. The van der Waals surface area contributed by atoms with Gasteiger partial charge in [-0.05, 0) is 44.9 Å². The molecule has 0 fully saturated rings. The normalized spacial score (nSPS) is 10.6. The van der Waals surface area contributed by atoms with Crippen LogP contribution in [0, 0.1) is 27.7 Å². The second-order valence-corrected chi connectivity index (χ2v) is 7.78. The quantitative estimate of drug-likeness (QED) is 0.660. The lowest BCUT2D eigenvalue weighted by Crippen LogP contribution is -2.32. The molecule has 0 unspecified atom stereocenters. The maximum absolute atomic E-state index is 12.8. The molecule has 2 aromatic carbocycles. The fourth-order valence-electron chi connectivity index (χ4n) is 3.49. The zero-order chi connectivity index (χ0) is 22.7. The number of aromatic nitrogens is 2. The van der Waals surface area contributed by atoms with Gasteiger partial charge in [-0.3, -0.25) is 14.4 Å². The highest BCUT2D eigenvalue weighted by atomic mass is 16.2. The van der Waals surface area contributed by atoms with Gasteiger partial charge in [-0.1, -0.05) is 47.5 Å². The molecule has 0 aliphatic heterocycles. The molecule has 0 saturated carbocycles. The lowest BCUT2D eigenvalue weighted by atomic mass is 10.1. The standard InChI is InChI=1S/C24H26N4O3/c1-14-6-8-19(9-7-14)20-12-21(25-18(5)29)24(31)28(27-20)13-22(30)26-23-16(3)10-15(2)11-17(23)4/h6-12H,13H2,1-5H3,(H,25,29)(H,26,30). The molecule has 3 rings (SSSR count). The molecule has 31 heavy (non-hydrogen) atoms. The minimum absolute atomic E-state index is 0.0774. The number of nitrogens with one attached hydrogen (secondary N) is 2. The van der Waals surface area contributed by atoms with Gasteiger partial charge in [0, 0.05) is 18.2 Å². The average Bonchev–Trinajstić information content (AvgIpc) is 2.68. The zero-order valence-electron chi connectivity index (χ0n) is 18.4. The molecule has 7 nitrogen and oxygen atoms in total. The van der Waals surface area contributed by atoms with Crippen LogP contribution in [0.3, 0.4) is 0 Å². The number of rotatable bonds is 5. The van der Waals surface area contributed by atoms with Crippen LogP contribution in [0.2, 0.25) is 0 Å². The van der Waals surface area contributed by atoms with Crippen LogP contribution in [0.5, 0.6) is 0 Å². The Kier molecular flexibility index (Phi) is 6.34. The Balaban J connectivity index is 1.96. The summed E-state index contributed by atoms with van der Waals surface area (Å²) >= 11 is 0. The number of nitrogens with zero attached hydrogens (tertiary/aromatic N) is 2. The number of hydrogen-bond donors (Lipinski definition) is 2. The van der Waals surface area contributed by atoms with Crippen molar-refractivity contribution in [3.05, 3.63) is 75.1 Å². The third-order valence-corrected chi connectivity index (χ3v) is 4.87. The van der Waals surface area contributed by atoms with Gasteiger partial charge in [0.25, 0.3) is 5.56 Å². The third kappa shape index (κ3) is 5.25. The number of hydrogen-bond acceptors (Lipinski definition) is 4. The molecule has 0 aliphatic carbocycles. The van der Waals surface area contributed by atoms with Crippen molar-refractivity contribution in [2.75, 3.05) is 10.6 Å². The summed E-state index contributed by atoms with van der Waals surface area (Å²) in [4.78, 5) is 37.1. The van der Waals surface area contributed by atoms with E-state index in [1.807, 2.05) is 64.1 Å². The lowest BCUT2D eigenvalue weighted by molar-refractivity contribution is -0.117. The number of benzene rings is 2. The van der Waals surface area contributed by atoms with Gasteiger partial charge in [0.15, 0.2) is 0 Å². The van der Waals surface area contributed by atoms with Crippen molar-refractivity contribution in [1.29, 1.82) is 0 Å². The Morgan fingerprint density at radius 2 is 1.52 bits per heavy atom. The van der Waals surface area contributed by atoms with Crippen LogP contribution in [0.4, 0.5) is 11.4 Å². The van der Waals surface area contributed by atoms with E-state index in [9.17, 15) is 14.4 Å². The van der Waals surface area contributed by atoms with Gasteiger partial charge in [0.1, 0.15) is 12.2 Å². The Labute approximate surface area is 181 Å². The van der Waals surface area contributed by atoms with Crippen LogP contribution < -0.4 is 16.2 Å². The highest BCUT2D eigenvalue weighted by molar-refractivity contribution is 5.92. The van der Waals surface area contributed by atoms with Crippen molar-refractivity contribution in [3.63, 3.8) is 0 Å². The first kappa shape index (κ1) is 22.0.